The molecule has 1 aromatic carbocycles. The van der Waals surface area contributed by atoms with Gasteiger partial charge in [0, 0.05) is 29.6 Å². The molecule has 0 spiro atoms. The van der Waals surface area contributed by atoms with Crippen LogP contribution in [0.15, 0.2) is 42.2 Å². The summed E-state index contributed by atoms with van der Waals surface area (Å²) in [5.41, 5.74) is 0.351. The maximum Gasteiger partial charge on any atom is 0.343 e. The largest absolute Gasteiger partial charge is 0.507 e. The van der Waals surface area contributed by atoms with Gasteiger partial charge in [0.1, 0.15) is 17.0 Å². The Balaban J connectivity index is 1.56. The van der Waals surface area contributed by atoms with Crippen LogP contribution in [0.3, 0.4) is 0 Å². The summed E-state index contributed by atoms with van der Waals surface area (Å²) >= 11 is 0.939. The number of hydrogen-bond donors (Lipinski definition) is 2. The van der Waals surface area contributed by atoms with Gasteiger partial charge >= 0.3 is 5.63 Å². The number of fused-ring (bicyclic) bond motifs is 1. The third-order valence-corrected chi connectivity index (χ3v) is 9.14. The molecule has 1 saturated heterocycles. The number of thiazole rings is 1. The van der Waals surface area contributed by atoms with E-state index in [1.165, 1.54) is 14.0 Å². The Labute approximate surface area is 204 Å². The van der Waals surface area contributed by atoms with Crippen molar-refractivity contribution in [3.8, 4) is 33.6 Å². The number of aromatic nitrogens is 1. The van der Waals surface area contributed by atoms with E-state index < -0.39 is 20.9 Å². The highest BCUT2D eigenvalue weighted by Crippen LogP contribution is 2.40. The number of nitrogens with zero attached hydrogens (tertiary/aromatic N) is 1. The molecule has 0 amide bonds. The van der Waals surface area contributed by atoms with E-state index >= 15 is 0 Å². The first-order valence-corrected chi connectivity index (χ1v) is 13.1. The van der Waals surface area contributed by atoms with E-state index in [-0.39, 0.29) is 33.7 Å². The second kappa shape index (κ2) is 8.79. The lowest BCUT2D eigenvalue weighted by Crippen LogP contribution is -2.42. The number of ether oxygens (including phenoxy) is 2. The molecule has 4 aromatic rings. The Morgan fingerprint density at radius 1 is 1.20 bits per heavy atom. The zero-order chi connectivity index (χ0) is 24.9. The summed E-state index contributed by atoms with van der Waals surface area (Å²) in [4.78, 5) is 16.4. The van der Waals surface area contributed by atoms with Crippen LogP contribution in [0, 0.1) is 13.8 Å². The molecule has 35 heavy (non-hydrogen) atoms. The van der Waals surface area contributed by atoms with E-state index in [4.69, 9.17) is 18.3 Å². The van der Waals surface area contributed by atoms with Crippen molar-refractivity contribution in [2.75, 3.05) is 26.8 Å². The number of benzene rings is 1. The molecule has 4 heterocycles. The highest BCUT2D eigenvalue weighted by molar-refractivity contribution is 7.93. The molecule has 0 radical (unpaired) electrons. The summed E-state index contributed by atoms with van der Waals surface area (Å²) < 4.78 is 48.1. The van der Waals surface area contributed by atoms with Crippen molar-refractivity contribution in [3.05, 3.63) is 45.8 Å². The summed E-state index contributed by atoms with van der Waals surface area (Å²) in [6, 6.07) is 6.89. The van der Waals surface area contributed by atoms with Crippen molar-refractivity contribution in [2.45, 2.75) is 23.6 Å². The average molecular weight is 519 g/mol. The number of aromatic hydroxyl groups is 1. The fraction of sp³-hybridized carbons (Fsp3) is 0.304. The zero-order valence-corrected chi connectivity index (χ0v) is 20.7. The molecule has 1 aliphatic rings. The van der Waals surface area contributed by atoms with Gasteiger partial charge in [0.15, 0.2) is 17.0 Å². The molecular weight excluding hydrogens is 496 g/mol. The summed E-state index contributed by atoms with van der Waals surface area (Å²) in [5.74, 6) is 0.268. The van der Waals surface area contributed by atoms with Crippen LogP contribution in [0.25, 0.3) is 33.7 Å². The lowest BCUT2D eigenvalue weighted by atomic mass is 10.1. The summed E-state index contributed by atoms with van der Waals surface area (Å²) in [6.45, 7) is 4.20. The Kier molecular flexibility index (Phi) is 5.91. The van der Waals surface area contributed by atoms with Crippen LogP contribution in [0.5, 0.6) is 10.8 Å². The molecule has 5 rings (SSSR count). The lowest BCUT2D eigenvalue weighted by molar-refractivity contribution is 0.0785. The molecule has 1 aliphatic heterocycles. The van der Waals surface area contributed by atoms with Gasteiger partial charge in [-0.25, -0.2) is 18.2 Å². The minimum absolute atomic E-state index is 0.0847. The molecule has 10 nitrogen and oxygen atoms in total. The van der Waals surface area contributed by atoms with Crippen LogP contribution in [-0.4, -0.2) is 50.8 Å². The van der Waals surface area contributed by atoms with Crippen molar-refractivity contribution >= 4 is 32.1 Å². The predicted octanol–water partition coefficient (Wildman–Crippen LogP) is 3.23. The van der Waals surface area contributed by atoms with E-state index in [0.29, 0.717) is 46.0 Å². The normalized spacial score (nSPS) is 16.6. The minimum atomic E-state index is -3.81. The van der Waals surface area contributed by atoms with Crippen LogP contribution >= 0.6 is 11.3 Å². The van der Waals surface area contributed by atoms with Gasteiger partial charge in [-0.3, -0.25) is 0 Å². The van der Waals surface area contributed by atoms with Crippen LogP contribution in [0.1, 0.15) is 11.1 Å². The number of methoxy groups -OCH3 is 1. The Hall–Kier alpha value is -3.19. The van der Waals surface area contributed by atoms with Crippen LogP contribution in [0.2, 0.25) is 0 Å². The van der Waals surface area contributed by atoms with Gasteiger partial charge in [-0.05, 0) is 38.1 Å². The molecule has 0 saturated carbocycles. The van der Waals surface area contributed by atoms with E-state index in [9.17, 15) is 18.3 Å². The maximum absolute atomic E-state index is 13.0. The lowest BCUT2D eigenvalue weighted by Gasteiger charge is -2.22. The monoisotopic (exact) mass is 518 g/mol. The second-order valence-electron chi connectivity index (χ2n) is 8.05. The van der Waals surface area contributed by atoms with Crippen molar-refractivity contribution in [1.82, 2.24) is 10.3 Å². The summed E-state index contributed by atoms with van der Waals surface area (Å²) in [5, 5.41) is 14.3. The first kappa shape index (κ1) is 23.5. The number of furan rings is 1. The molecule has 2 N–H and O–H groups in total. The average Bonchev–Trinajstić information content (AvgIpc) is 3.49. The topological polar surface area (TPSA) is 141 Å². The number of rotatable bonds is 5. The van der Waals surface area contributed by atoms with E-state index in [0.717, 1.165) is 11.3 Å². The SMILES string of the molecule is COc1sc(S(=O)(=O)C2CNCCO2)nc1-c1ccc2oc(-c3oc(=O)c(C)c(O)c3C)cc2c1. The molecule has 184 valence electrons. The number of sulfone groups is 1. The molecule has 3 aromatic heterocycles. The van der Waals surface area contributed by atoms with Crippen LogP contribution in [-0.2, 0) is 14.6 Å². The van der Waals surface area contributed by atoms with Gasteiger partial charge < -0.3 is 28.7 Å². The quantitative estimate of drug-likeness (QED) is 0.404. The van der Waals surface area contributed by atoms with Crippen molar-refractivity contribution < 1.29 is 31.8 Å². The van der Waals surface area contributed by atoms with Gasteiger partial charge in [0.05, 0.1) is 19.3 Å². The van der Waals surface area contributed by atoms with Crippen molar-refractivity contribution in [1.29, 1.82) is 0 Å². The van der Waals surface area contributed by atoms with Gasteiger partial charge in [0.25, 0.3) is 0 Å². The van der Waals surface area contributed by atoms with E-state index in [1.807, 2.05) is 0 Å². The highest BCUT2D eigenvalue weighted by Gasteiger charge is 2.34. The smallest absolute Gasteiger partial charge is 0.343 e. The molecule has 0 bridgehead atoms. The van der Waals surface area contributed by atoms with Gasteiger partial charge in [-0.15, -0.1) is 0 Å². The molecule has 1 atom stereocenters. The second-order valence-corrected chi connectivity index (χ2v) is 11.3. The fourth-order valence-corrected chi connectivity index (χ4v) is 6.56. The van der Waals surface area contributed by atoms with Crippen LogP contribution in [0.4, 0.5) is 0 Å². The summed E-state index contributed by atoms with van der Waals surface area (Å²) in [6.07, 6.45) is 0. The van der Waals surface area contributed by atoms with Gasteiger partial charge in [0.2, 0.25) is 19.2 Å². The first-order valence-electron chi connectivity index (χ1n) is 10.7. The maximum atomic E-state index is 13.0. The number of nitrogens with one attached hydrogen (secondary N) is 1. The Morgan fingerprint density at radius 3 is 2.71 bits per heavy atom. The Morgan fingerprint density at radius 2 is 2.00 bits per heavy atom. The van der Waals surface area contributed by atoms with Gasteiger partial charge in [-0.1, -0.05) is 11.3 Å². The molecule has 12 heteroatoms. The highest BCUT2D eigenvalue weighted by atomic mass is 32.2. The predicted molar refractivity (Wildman–Crippen MR) is 129 cm³/mol. The first-order chi connectivity index (χ1) is 16.7. The van der Waals surface area contributed by atoms with Crippen molar-refractivity contribution in [3.63, 3.8) is 0 Å². The third-order valence-electron chi connectivity index (χ3n) is 5.81. The van der Waals surface area contributed by atoms with E-state index in [1.54, 1.807) is 31.2 Å². The van der Waals surface area contributed by atoms with E-state index in [2.05, 4.69) is 10.3 Å². The molecule has 0 aliphatic carbocycles. The van der Waals surface area contributed by atoms with Gasteiger partial charge in [-0.2, -0.15) is 0 Å². The van der Waals surface area contributed by atoms with Crippen LogP contribution < -0.4 is 15.7 Å². The molecule has 1 unspecified atom stereocenters. The molecule has 1 fully saturated rings. The van der Waals surface area contributed by atoms with Crippen molar-refractivity contribution in [2.24, 2.45) is 0 Å². The number of morpholine rings is 1. The third kappa shape index (κ3) is 4.01. The molecular formula is C23H22N2O8S2. The fourth-order valence-electron chi connectivity index (χ4n) is 3.85. The standard InChI is InChI=1S/C23H22N2O8S2/c1-11-19(26)12(2)21(27)33-20(11)16-9-14-8-13(4-5-15(14)32-16)18-22(30-3)34-23(25-18)35(28,29)17-10-24-6-7-31-17/h4-5,8-9,17,24,26H,6-7,10H2,1-3H3. The minimum Gasteiger partial charge on any atom is -0.507 e. The summed E-state index contributed by atoms with van der Waals surface area (Å²) in [7, 11) is -2.36. The number of hydrogen-bond acceptors (Lipinski definition) is 11. The Bertz CT molecular complexity index is 1590. The zero-order valence-electron chi connectivity index (χ0n) is 19.1.